The number of halogens is 8. The molecule has 0 amide bonds. The quantitative estimate of drug-likeness (QED) is 0.186. The molecule has 48 heavy (non-hydrogen) atoms. The summed E-state index contributed by atoms with van der Waals surface area (Å²) in [5, 5.41) is 0.0448. The highest BCUT2D eigenvalue weighted by Gasteiger charge is 2.60. The van der Waals surface area contributed by atoms with E-state index in [1.54, 1.807) is 0 Å². The molecule has 1 aliphatic carbocycles. The van der Waals surface area contributed by atoms with Gasteiger partial charge in [-0.2, -0.15) is 9.97 Å². The maximum Gasteiger partial charge on any atom is 0.319 e. The number of ether oxygens (including phenoxy) is 2. The highest BCUT2D eigenvalue weighted by Crippen LogP contribution is 2.58. The fourth-order valence-corrected chi connectivity index (χ4v) is 9.12. The lowest BCUT2D eigenvalue weighted by atomic mass is 9.95. The SMILES string of the molecule is Nc1cc2c(-c3c(Cl)c4c5c(nc(OC[C@@]67CCCN6C[C@H](F)C7)nc5c3F)N(CC(F)F)C(C3(C(F)F)CC3)CO4)ccc(F)c2s1. The summed E-state index contributed by atoms with van der Waals surface area (Å²) in [5.74, 6) is -2.07. The van der Waals surface area contributed by atoms with Crippen molar-refractivity contribution in [3.8, 4) is 22.9 Å². The van der Waals surface area contributed by atoms with E-state index in [0.717, 1.165) is 28.7 Å². The minimum Gasteiger partial charge on any atom is -0.489 e. The van der Waals surface area contributed by atoms with Gasteiger partial charge in [-0.15, -0.1) is 11.3 Å². The van der Waals surface area contributed by atoms with Crippen LogP contribution in [0.15, 0.2) is 18.2 Å². The maximum absolute atomic E-state index is 17.0. The van der Waals surface area contributed by atoms with Gasteiger partial charge in [-0.25, -0.2) is 30.7 Å². The van der Waals surface area contributed by atoms with E-state index in [9.17, 15) is 26.3 Å². The summed E-state index contributed by atoms with van der Waals surface area (Å²) in [7, 11) is 0. The summed E-state index contributed by atoms with van der Waals surface area (Å²) >= 11 is 7.84. The Balaban J connectivity index is 1.35. The highest BCUT2D eigenvalue weighted by atomic mass is 35.5. The van der Waals surface area contributed by atoms with Gasteiger partial charge in [-0.05, 0) is 49.9 Å². The van der Waals surface area contributed by atoms with E-state index < -0.39 is 72.3 Å². The van der Waals surface area contributed by atoms with Crippen molar-refractivity contribution in [3.63, 3.8) is 0 Å². The molecule has 0 bridgehead atoms. The molecule has 3 aliphatic heterocycles. The normalized spacial score (nSPS) is 24.9. The molecule has 1 saturated carbocycles. The van der Waals surface area contributed by atoms with Crippen LogP contribution in [0.2, 0.25) is 5.02 Å². The van der Waals surface area contributed by atoms with E-state index in [1.807, 2.05) is 4.90 Å². The lowest BCUT2D eigenvalue weighted by Gasteiger charge is -2.36. The number of alkyl halides is 5. The van der Waals surface area contributed by atoms with Crippen LogP contribution < -0.4 is 20.1 Å². The summed E-state index contributed by atoms with van der Waals surface area (Å²) in [4.78, 5) is 11.9. The molecule has 2 aromatic carbocycles. The lowest BCUT2D eigenvalue weighted by molar-refractivity contribution is 0.0297. The Hall–Kier alpha value is -3.30. The van der Waals surface area contributed by atoms with Crippen molar-refractivity contribution in [2.24, 2.45) is 5.41 Å². The van der Waals surface area contributed by atoms with Gasteiger partial charge < -0.3 is 20.1 Å². The second kappa shape index (κ2) is 11.4. The van der Waals surface area contributed by atoms with Gasteiger partial charge in [-0.3, -0.25) is 4.90 Å². The van der Waals surface area contributed by atoms with Crippen molar-refractivity contribution < 1.29 is 40.2 Å². The van der Waals surface area contributed by atoms with Crippen LogP contribution in [0, 0.1) is 17.0 Å². The second-order valence-corrected chi connectivity index (χ2v) is 14.6. The molecule has 4 aliphatic rings. The van der Waals surface area contributed by atoms with Gasteiger partial charge >= 0.3 is 6.01 Å². The van der Waals surface area contributed by atoms with Crippen LogP contribution in [0.3, 0.4) is 0 Å². The van der Waals surface area contributed by atoms with E-state index in [4.69, 9.17) is 26.8 Å². The third kappa shape index (κ3) is 4.85. The maximum atomic E-state index is 17.0. The molecular weight excluding hydrogens is 687 g/mol. The number of nitrogens with zero attached hydrogens (tertiary/aromatic N) is 4. The molecule has 256 valence electrons. The van der Waals surface area contributed by atoms with Gasteiger partial charge in [0, 0.05) is 23.9 Å². The third-order valence-electron chi connectivity index (χ3n) is 10.4. The smallest absolute Gasteiger partial charge is 0.319 e. The molecule has 16 heteroatoms. The number of aromatic nitrogens is 2. The molecule has 5 heterocycles. The number of hydrogen-bond donors (Lipinski definition) is 1. The summed E-state index contributed by atoms with van der Waals surface area (Å²) in [6.45, 7) is -0.644. The Kier molecular flexibility index (Phi) is 7.57. The van der Waals surface area contributed by atoms with E-state index in [1.165, 1.54) is 12.1 Å². The third-order valence-corrected chi connectivity index (χ3v) is 11.7. The van der Waals surface area contributed by atoms with Gasteiger partial charge in [0.1, 0.15) is 36.5 Å². The Morgan fingerprint density at radius 2 is 1.94 bits per heavy atom. The Bertz CT molecular complexity index is 1940. The molecule has 3 fully saturated rings. The average molecular weight is 716 g/mol. The Morgan fingerprint density at radius 3 is 2.67 bits per heavy atom. The van der Waals surface area contributed by atoms with Crippen LogP contribution in [0.5, 0.6) is 11.8 Å². The molecular formula is C32H29ClF7N5O2S. The number of nitrogen functional groups attached to an aromatic ring is 1. The largest absolute Gasteiger partial charge is 0.489 e. The number of rotatable bonds is 8. The number of anilines is 2. The molecule has 2 saturated heterocycles. The molecule has 0 radical (unpaired) electrons. The average Bonchev–Trinajstić information content (AvgIpc) is 3.52. The first-order chi connectivity index (χ1) is 22.9. The number of fused-ring (bicyclic) bond motifs is 2. The lowest BCUT2D eigenvalue weighted by Crippen LogP contribution is -2.50. The molecule has 2 aromatic heterocycles. The monoisotopic (exact) mass is 715 g/mol. The minimum absolute atomic E-state index is 0.0512. The summed E-state index contributed by atoms with van der Waals surface area (Å²) in [6.07, 6.45) is -5.16. The van der Waals surface area contributed by atoms with Crippen molar-refractivity contribution in [2.45, 2.75) is 62.7 Å². The highest BCUT2D eigenvalue weighted by molar-refractivity contribution is 7.22. The zero-order chi connectivity index (χ0) is 33.7. The zero-order valence-electron chi connectivity index (χ0n) is 25.2. The first-order valence-electron chi connectivity index (χ1n) is 15.6. The fraction of sp³-hybridized carbons (Fsp3) is 0.500. The van der Waals surface area contributed by atoms with Gasteiger partial charge in [0.15, 0.2) is 11.6 Å². The second-order valence-electron chi connectivity index (χ2n) is 13.1. The van der Waals surface area contributed by atoms with Crippen LogP contribution >= 0.6 is 22.9 Å². The van der Waals surface area contributed by atoms with Gasteiger partial charge in [0.2, 0.25) is 6.43 Å². The topological polar surface area (TPSA) is 76.7 Å². The number of hydrogen-bond acceptors (Lipinski definition) is 8. The number of nitrogens with two attached hydrogens (primary N) is 1. The van der Waals surface area contributed by atoms with E-state index in [2.05, 4.69) is 9.97 Å². The van der Waals surface area contributed by atoms with Crippen LogP contribution in [-0.2, 0) is 0 Å². The van der Waals surface area contributed by atoms with Gasteiger partial charge in [0.25, 0.3) is 6.43 Å². The van der Waals surface area contributed by atoms with Crippen molar-refractivity contribution in [3.05, 3.63) is 34.9 Å². The molecule has 8 rings (SSSR count). The summed E-state index contributed by atoms with van der Waals surface area (Å²) in [6, 6.07) is 2.26. The van der Waals surface area contributed by atoms with Crippen LogP contribution in [0.1, 0.15) is 32.1 Å². The zero-order valence-corrected chi connectivity index (χ0v) is 26.8. The van der Waals surface area contributed by atoms with Crippen molar-refractivity contribution >= 4 is 54.7 Å². The van der Waals surface area contributed by atoms with E-state index >= 15 is 4.39 Å². The summed E-state index contributed by atoms with van der Waals surface area (Å²) in [5.41, 5.74) is 3.16. The predicted octanol–water partition coefficient (Wildman–Crippen LogP) is 7.86. The molecule has 7 nitrogen and oxygen atoms in total. The molecule has 4 aromatic rings. The Morgan fingerprint density at radius 1 is 1.15 bits per heavy atom. The standard InChI is InChI=1S/C32H29ClF7N5O2S/c33-23-21(15-2-3-17(35)27-16(15)8-20(41)48-27)24(38)25-22-26(23)46-12-18(32(5-6-32)29(39)40)45(11-19(36)37)28(22)43-30(42-25)47-13-31-4-1-7-44(31)10-14(34)9-31/h2-3,8,14,18-19,29H,1,4-7,9-13,41H2/t14-,18?,31+/m1/s1. The van der Waals surface area contributed by atoms with Gasteiger partial charge in [0.05, 0.1) is 43.7 Å². The predicted molar refractivity (Wildman–Crippen MR) is 169 cm³/mol. The van der Waals surface area contributed by atoms with E-state index in [-0.39, 0.29) is 80.6 Å². The number of thiophene rings is 1. The van der Waals surface area contributed by atoms with Crippen LogP contribution in [-0.4, -0.2) is 78.3 Å². The van der Waals surface area contributed by atoms with Crippen LogP contribution in [0.25, 0.3) is 32.1 Å². The first-order valence-corrected chi connectivity index (χ1v) is 16.8. The molecule has 1 unspecified atom stereocenters. The fourth-order valence-electron chi connectivity index (χ4n) is 7.93. The number of benzene rings is 2. The van der Waals surface area contributed by atoms with Crippen molar-refractivity contribution in [1.82, 2.24) is 14.9 Å². The molecule has 3 atom stereocenters. The van der Waals surface area contributed by atoms with Crippen molar-refractivity contribution in [2.75, 3.05) is 43.5 Å². The van der Waals surface area contributed by atoms with Crippen LogP contribution in [0.4, 0.5) is 41.6 Å². The van der Waals surface area contributed by atoms with Crippen molar-refractivity contribution in [1.29, 1.82) is 0 Å². The molecule has 2 N–H and O–H groups in total. The Labute approximate surface area is 278 Å². The summed E-state index contributed by atoms with van der Waals surface area (Å²) < 4.78 is 116. The minimum atomic E-state index is -2.99. The first kappa shape index (κ1) is 31.9. The van der Waals surface area contributed by atoms with Gasteiger partial charge in [-0.1, -0.05) is 17.7 Å². The molecule has 0 spiro atoms. The van der Waals surface area contributed by atoms with E-state index in [0.29, 0.717) is 13.0 Å².